The van der Waals surface area contributed by atoms with Crippen molar-refractivity contribution in [3.05, 3.63) is 60.3 Å². The van der Waals surface area contributed by atoms with Crippen molar-refractivity contribution in [1.82, 2.24) is 14.9 Å². The zero-order chi connectivity index (χ0) is 30.3. The number of fused-ring (bicyclic) bond motifs is 1. The summed E-state index contributed by atoms with van der Waals surface area (Å²) in [4.78, 5) is 13.1. The minimum atomic E-state index is -2.99. The molecule has 7 rings (SSSR count). The number of aromatic amines is 1. The van der Waals surface area contributed by atoms with Crippen LogP contribution in [0.1, 0.15) is 18.4 Å². The molecule has 0 atom stereocenters. The third kappa shape index (κ3) is 5.61. The Labute approximate surface area is 257 Å². The number of H-pyrrole nitrogens is 1. The highest BCUT2D eigenvalue weighted by Gasteiger charge is 2.30. The van der Waals surface area contributed by atoms with Gasteiger partial charge in [0.1, 0.15) is 23.7 Å². The van der Waals surface area contributed by atoms with Crippen LogP contribution in [0.2, 0.25) is 0 Å². The number of nitrogens with zero attached hydrogens (tertiary/aromatic N) is 4. The maximum absolute atomic E-state index is 11.8. The monoisotopic (exact) mass is 613 g/mol. The molecule has 44 heavy (non-hydrogen) atoms. The molecule has 0 spiro atoms. The van der Waals surface area contributed by atoms with Gasteiger partial charge >= 0.3 is 0 Å². The highest BCUT2D eigenvalue weighted by atomic mass is 32.2. The number of nitriles is 1. The maximum Gasteiger partial charge on any atom is 0.150 e. The Bertz CT molecular complexity index is 1820. The molecule has 11 heteroatoms. The van der Waals surface area contributed by atoms with Gasteiger partial charge in [-0.2, -0.15) is 5.26 Å². The first-order valence-corrected chi connectivity index (χ1v) is 16.9. The lowest BCUT2D eigenvalue weighted by atomic mass is 10.0. The molecule has 0 bridgehead atoms. The number of piperazine rings is 1. The Morgan fingerprint density at radius 1 is 0.977 bits per heavy atom. The van der Waals surface area contributed by atoms with Crippen LogP contribution in [0.3, 0.4) is 0 Å². The number of sulfone groups is 1. The molecule has 3 fully saturated rings. The summed E-state index contributed by atoms with van der Waals surface area (Å²) in [6, 6.07) is 18.7. The van der Waals surface area contributed by atoms with E-state index in [1.54, 1.807) is 25.4 Å². The van der Waals surface area contributed by atoms with Gasteiger partial charge in [0.15, 0.2) is 9.84 Å². The second-order valence-corrected chi connectivity index (χ2v) is 14.0. The number of aromatic nitrogens is 2. The molecule has 0 radical (unpaired) electrons. The summed E-state index contributed by atoms with van der Waals surface area (Å²) in [6.45, 7) is 5.62. The third-order valence-corrected chi connectivity index (χ3v) is 10.7. The van der Waals surface area contributed by atoms with Crippen molar-refractivity contribution in [1.29, 1.82) is 5.26 Å². The van der Waals surface area contributed by atoms with Gasteiger partial charge in [-0.25, -0.2) is 8.42 Å². The number of benzene rings is 2. The first kappa shape index (κ1) is 28.6. The number of methoxy groups -OCH3 is 1. The summed E-state index contributed by atoms with van der Waals surface area (Å²) >= 11 is 0. The molecule has 3 saturated heterocycles. The van der Waals surface area contributed by atoms with E-state index in [0.717, 1.165) is 84.2 Å². The van der Waals surface area contributed by atoms with Crippen LogP contribution < -0.4 is 14.4 Å². The minimum Gasteiger partial charge on any atom is -0.495 e. The van der Waals surface area contributed by atoms with Crippen LogP contribution in [-0.2, 0) is 14.6 Å². The normalized spacial score (nSPS) is 19.4. The van der Waals surface area contributed by atoms with Gasteiger partial charge in [-0.1, -0.05) is 6.07 Å². The molecule has 228 valence electrons. The molecular weight excluding hydrogens is 578 g/mol. The van der Waals surface area contributed by atoms with E-state index in [1.807, 2.05) is 12.1 Å². The van der Waals surface area contributed by atoms with Gasteiger partial charge < -0.3 is 24.1 Å². The highest BCUT2D eigenvalue weighted by Crippen LogP contribution is 2.37. The fourth-order valence-electron chi connectivity index (χ4n) is 6.34. The lowest BCUT2D eigenvalue weighted by molar-refractivity contribution is -0.0660. The standard InChI is InChI=1S/C33H35N5O5S/c1-41-32-17-22(2-4-30(32)38-12-10-37(11-13-38)25-20-42-21-25)29-18-27-28(36-29)6-9-35-33(27)23-3-5-31(24(16-23)19-34)43-26-7-14-44(39,40)15-8-26/h2-6,9,16-18,25-26,36H,7-8,10-15,20-21H2,1H3. The van der Waals surface area contributed by atoms with Crippen LogP contribution in [0, 0.1) is 11.3 Å². The van der Waals surface area contributed by atoms with Gasteiger partial charge in [0.05, 0.1) is 54.8 Å². The lowest BCUT2D eigenvalue weighted by Gasteiger charge is -2.43. The first-order valence-electron chi connectivity index (χ1n) is 15.1. The van der Waals surface area contributed by atoms with Crippen molar-refractivity contribution < 1.29 is 22.6 Å². The summed E-state index contributed by atoms with van der Waals surface area (Å²) in [5.41, 5.74) is 5.95. The molecule has 0 amide bonds. The fraction of sp³-hybridized carbons (Fsp3) is 0.394. The van der Waals surface area contributed by atoms with E-state index in [-0.39, 0.29) is 17.6 Å². The number of pyridine rings is 1. The van der Waals surface area contributed by atoms with E-state index in [4.69, 9.17) is 14.2 Å². The number of nitrogens with one attached hydrogen (secondary N) is 1. The summed E-state index contributed by atoms with van der Waals surface area (Å²) in [6.07, 6.45) is 2.40. The number of ether oxygens (including phenoxy) is 3. The molecule has 10 nitrogen and oxygen atoms in total. The molecule has 0 saturated carbocycles. The summed E-state index contributed by atoms with van der Waals surface area (Å²) < 4.78 is 40.9. The van der Waals surface area contributed by atoms with Crippen molar-refractivity contribution in [3.63, 3.8) is 0 Å². The van der Waals surface area contributed by atoms with Crippen LogP contribution in [0.25, 0.3) is 33.4 Å². The molecule has 0 aliphatic carbocycles. The van der Waals surface area contributed by atoms with Gasteiger partial charge in [0.2, 0.25) is 0 Å². The average Bonchev–Trinajstić information content (AvgIpc) is 3.46. The first-order chi connectivity index (χ1) is 21.4. The van der Waals surface area contributed by atoms with Gasteiger partial charge in [0, 0.05) is 60.1 Å². The van der Waals surface area contributed by atoms with E-state index in [2.05, 4.69) is 50.1 Å². The third-order valence-electron chi connectivity index (χ3n) is 9.00. The van der Waals surface area contributed by atoms with Crippen molar-refractivity contribution in [2.75, 3.05) is 62.9 Å². The van der Waals surface area contributed by atoms with Gasteiger partial charge in [-0.3, -0.25) is 9.88 Å². The Hall–Kier alpha value is -4.11. The molecule has 4 aromatic rings. The quantitative estimate of drug-likeness (QED) is 0.326. The maximum atomic E-state index is 11.8. The Morgan fingerprint density at radius 3 is 2.45 bits per heavy atom. The van der Waals surface area contributed by atoms with Crippen molar-refractivity contribution >= 4 is 26.4 Å². The van der Waals surface area contributed by atoms with Crippen LogP contribution in [-0.4, -0.2) is 93.4 Å². The number of rotatable bonds is 7. The van der Waals surface area contributed by atoms with Crippen molar-refractivity contribution in [3.8, 4) is 40.1 Å². The van der Waals surface area contributed by atoms with Gasteiger partial charge in [-0.05, 0) is 55.3 Å². The zero-order valence-corrected chi connectivity index (χ0v) is 25.5. The number of hydrogen-bond donors (Lipinski definition) is 1. The zero-order valence-electron chi connectivity index (χ0n) is 24.7. The molecule has 3 aliphatic heterocycles. The molecule has 2 aromatic carbocycles. The second kappa shape index (κ2) is 11.8. The van der Waals surface area contributed by atoms with E-state index in [9.17, 15) is 13.7 Å². The predicted octanol–water partition coefficient (Wildman–Crippen LogP) is 4.25. The van der Waals surface area contributed by atoms with Crippen molar-refractivity contribution in [2.24, 2.45) is 0 Å². The smallest absolute Gasteiger partial charge is 0.150 e. The Balaban J connectivity index is 1.13. The van der Waals surface area contributed by atoms with Crippen LogP contribution >= 0.6 is 0 Å². The van der Waals surface area contributed by atoms with Gasteiger partial charge in [0.25, 0.3) is 0 Å². The highest BCUT2D eigenvalue weighted by molar-refractivity contribution is 7.91. The number of hydrogen-bond acceptors (Lipinski definition) is 9. The molecule has 2 aromatic heterocycles. The largest absolute Gasteiger partial charge is 0.495 e. The van der Waals surface area contributed by atoms with Crippen molar-refractivity contribution in [2.45, 2.75) is 25.0 Å². The lowest BCUT2D eigenvalue weighted by Crippen LogP contribution is -2.56. The second-order valence-electron chi connectivity index (χ2n) is 11.7. The summed E-state index contributed by atoms with van der Waals surface area (Å²) in [5, 5.41) is 10.9. The SMILES string of the molecule is COc1cc(-c2cc3c(-c4ccc(OC5CCS(=O)(=O)CC5)c(C#N)c4)nccc3[nH]2)ccc1N1CCN(C2COC2)CC1. The molecular formula is C33H35N5O5S. The molecule has 3 aliphatic rings. The van der Waals surface area contributed by atoms with Gasteiger partial charge in [-0.15, -0.1) is 0 Å². The Kier molecular flexibility index (Phi) is 7.66. The number of anilines is 1. The van der Waals surface area contributed by atoms with Crippen LogP contribution in [0.5, 0.6) is 11.5 Å². The minimum absolute atomic E-state index is 0.113. The summed E-state index contributed by atoms with van der Waals surface area (Å²) in [7, 11) is -1.27. The Morgan fingerprint density at radius 2 is 1.75 bits per heavy atom. The molecule has 5 heterocycles. The average molecular weight is 614 g/mol. The predicted molar refractivity (Wildman–Crippen MR) is 169 cm³/mol. The van der Waals surface area contributed by atoms with E-state index >= 15 is 0 Å². The van der Waals surface area contributed by atoms with Crippen LogP contribution in [0.15, 0.2) is 54.7 Å². The molecule has 1 N–H and O–H groups in total. The summed E-state index contributed by atoms with van der Waals surface area (Å²) in [5.74, 6) is 1.53. The van der Waals surface area contributed by atoms with E-state index < -0.39 is 9.84 Å². The molecule has 0 unspecified atom stereocenters. The fourth-order valence-corrected chi connectivity index (χ4v) is 7.79. The van der Waals surface area contributed by atoms with E-state index in [1.165, 1.54) is 0 Å². The topological polar surface area (TPSA) is 121 Å². The van der Waals surface area contributed by atoms with E-state index in [0.29, 0.717) is 30.2 Å². The van der Waals surface area contributed by atoms with Crippen LogP contribution in [0.4, 0.5) is 5.69 Å².